The fourth-order valence-corrected chi connectivity index (χ4v) is 6.15. The van der Waals surface area contributed by atoms with Gasteiger partial charge in [0.2, 0.25) is 5.36 Å². The Morgan fingerprint density at radius 3 is 1.83 bits per heavy atom. The van der Waals surface area contributed by atoms with E-state index in [4.69, 9.17) is 4.99 Å². The van der Waals surface area contributed by atoms with Crippen molar-refractivity contribution in [2.45, 2.75) is 52.4 Å². The number of fused-ring (bicyclic) bond motifs is 5. The summed E-state index contributed by atoms with van der Waals surface area (Å²) in [6.45, 7) is 13.0. The Balaban J connectivity index is 1.54. The first kappa shape index (κ1) is 26.5. The summed E-state index contributed by atoms with van der Waals surface area (Å²) >= 11 is 0. The van der Waals surface area contributed by atoms with Crippen LogP contribution in [0.3, 0.4) is 0 Å². The van der Waals surface area contributed by atoms with Gasteiger partial charge in [0.15, 0.2) is 0 Å². The third kappa shape index (κ3) is 3.82. The molecular weight excluding hydrogens is 526 g/mol. The van der Waals surface area contributed by atoms with Crippen LogP contribution < -0.4 is 20.4 Å². The molecule has 0 saturated carbocycles. The van der Waals surface area contributed by atoms with Gasteiger partial charge in [-0.15, -0.1) is 0 Å². The van der Waals surface area contributed by atoms with Gasteiger partial charge in [0, 0.05) is 10.6 Å². The van der Waals surface area contributed by atoms with Gasteiger partial charge in [-0.25, -0.2) is 0 Å². The summed E-state index contributed by atoms with van der Waals surface area (Å²) in [5.41, 5.74) is 5.88. The molecule has 1 aromatic heterocycles. The molecule has 4 aromatic carbocycles. The third-order valence-corrected chi connectivity index (χ3v) is 8.42. The van der Waals surface area contributed by atoms with E-state index in [1.54, 1.807) is 24.3 Å². The highest BCUT2D eigenvalue weighted by Crippen LogP contribution is 2.45. The Kier molecular flexibility index (Phi) is 5.54. The number of para-hydroxylation sites is 2. The van der Waals surface area contributed by atoms with Gasteiger partial charge in [-0.05, 0) is 61.0 Å². The van der Waals surface area contributed by atoms with Crippen molar-refractivity contribution in [3.8, 4) is 11.1 Å². The average molecular weight is 561 g/mol. The van der Waals surface area contributed by atoms with E-state index >= 15 is 8.96 Å². The number of benzene rings is 4. The fraction of sp³-hybridized carbons (Fsp3) is 0.222. The number of nitrogens with zero attached hydrogens (tertiary/aromatic N) is 4. The van der Waals surface area contributed by atoms with Crippen molar-refractivity contribution in [2.24, 2.45) is 4.99 Å². The van der Waals surface area contributed by atoms with Gasteiger partial charge in [-0.3, -0.25) is 0 Å². The van der Waals surface area contributed by atoms with Crippen molar-refractivity contribution in [2.75, 3.05) is 0 Å². The fourth-order valence-electron chi connectivity index (χ4n) is 6.15. The first-order chi connectivity index (χ1) is 19.9. The SMILES string of the molecule is CC(C)(C)c1ccc(C2=c3ccccc3=[N+]3C2=Nc2c(-c4ccc(C(C)(C)C)cc4)c4ccccc4n2[N+]3(F)F)cc1. The van der Waals surface area contributed by atoms with E-state index in [0.717, 1.165) is 31.1 Å². The Hall–Kier alpha value is -4.42. The van der Waals surface area contributed by atoms with Gasteiger partial charge in [-0.1, -0.05) is 120 Å². The zero-order valence-electron chi connectivity index (χ0n) is 24.8. The molecule has 0 fully saturated rings. The maximum atomic E-state index is 17.0. The van der Waals surface area contributed by atoms with Crippen molar-refractivity contribution < 1.29 is 8.96 Å². The van der Waals surface area contributed by atoms with Crippen LogP contribution in [-0.2, 0) is 10.8 Å². The molecular formula is C36H34F2N4+2. The molecule has 0 spiro atoms. The second kappa shape index (κ2) is 8.79. The first-order valence-electron chi connectivity index (χ1n) is 14.4. The lowest BCUT2D eigenvalue weighted by atomic mass is 9.86. The van der Waals surface area contributed by atoms with Crippen molar-refractivity contribution in [3.05, 3.63) is 124 Å². The Labute approximate surface area is 244 Å². The van der Waals surface area contributed by atoms with Gasteiger partial charge >= 0.3 is 16.8 Å². The number of hydrogen-bond acceptors (Lipinski definition) is 1. The molecule has 0 N–H and O–H groups in total. The smallest absolute Gasteiger partial charge is 0.0615 e. The van der Waals surface area contributed by atoms with E-state index in [2.05, 4.69) is 65.8 Å². The highest BCUT2D eigenvalue weighted by molar-refractivity contribution is 6.25. The van der Waals surface area contributed by atoms with E-state index in [0.29, 0.717) is 22.0 Å². The van der Waals surface area contributed by atoms with Crippen LogP contribution in [0.15, 0.2) is 102 Å². The maximum Gasteiger partial charge on any atom is 0.394 e. The van der Waals surface area contributed by atoms with Crippen molar-refractivity contribution in [1.29, 1.82) is 0 Å². The van der Waals surface area contributed by atoms with Gasteiger partial charge in [0.25, 0.3) is 0 Å². The topological polar surface area (TPSA) is 20.3 Å². The molecule has 2 aliphatic heterocycles. The van der Waals surface area contributed by atoms with Crippen LogP contribution in [0.25, 0.3) is 27.6 Å². The number of rotatable bonds is 2. The van der Waals surface area contributed by atoms with Crippen LogP contribution in [0, 0.1) is 0 Å². The lowest BCUT2D eigenvalue weighted by Gasteiger charge is -2.19. The first-order valence-corrected chi connectivity index (χ1v) is 14.4. The summed E-state index contributed by atoms with van der Waals surface area (Å²) in [5, 5.41) is -0.613. The van der Waals surface area contributed by atoms with E-state index in [9.17, 15) is 0 Å². The molecule has 210 valence electrons. The van der Waals surface area contributed by atoms with Crippen molar-refractivity contribution >= 4 is 28.1 Å². The predicted octanol–water partition coefficient (Wildman–Crippen LogP) is 7.47. The molecule has 42 heavy (non-hydrogen) atoms. The minimum atomic E-state index is -2.52. The standard InChI is InChI=1S/C36H34F2N4/c1-35(2,3)25-19-15-23(16-20-25)31-27-11-7-9-13-29(27)40-33(31)39-34-32(24-17-21-26(22-18-24)36(4,5)6)28-12-8-10-14-30(28)41(34)42(40,37)38/h7-22H,1-6H3/q+2. The van der Waals surface area contributed by atoms with E-state index < -0.39 is 5.15 Å². The molecule has 0 atom stereocenters. The van der Waals surface area contributed by atoms with Crippen LogP contribution in [0.2, 0.25) is 0 Å². The minimum absolute atomic E-state index is 0.0204. The van der Waals surface area contributed by atoms with Gasteiger partial charge < -0.3 is 0 Å². The molecule has 5 aromatic rings. The minimum Gasteiger partial charge on any atom is -0.0615 e. The van der Waals surface area contributed by atoms with E-state index in [-0.39, 0.29) is 22.5 Å². The number of quaternary nitrogens is 1. The Morgan fingerprint density at radius 2 is 1.21 bits per heavy atom. The monoisotopic (exact) mass is 560 g/mol. The number of aliphatic imine (C=N–C) groups is 1. The summed E-state index contributed by atoms with van der Waals surface area (Å²) in [7, 11) is 0. The second-order valence-electron chi connectivity index (χ2n) is 13.3. The van der Waals surface area contributed by atoms with E-state index in [1.807, 2.05) is 48.5 Å². The quantitative estimate of drug-likeness (QED) is 0.158. The Bertz CT molecular complexity index is 2050. The number of aromatic nitrogens is 1. The highest BCUT2D eigenvalue weighted by atomic mass is 19.4. The van der Waals surface area contributed by atoms with Crippen LogP contribution in [-0.4, -0.2) is 10.5 Å². The van der Waals surface area contributed by atoms with Crippen LogP contribution in [0.5, 0.6) is 0 Å². The molecule has 0 bridgehead atoms. The van der Waals surface area contributed by atoms with Crippen molar-refractivity contribution in [3.63, 3.8) is 0 Å². The highest BCUT2D eigenvalue weighted by Gasteiger charge is 2.59. The van der Waals surface area contributed by atoms with Gasteiger partial charge in [0.1, 0.15) is 14.5 Å². The summed E-state index contributed by atoms with van der Waals surface area (Å²) in [5.74, 6) is 0.486. The molecule has 2 aliphatic rings. The lowest BCUT2D eigenvalue weighted by Crippen LogP contribution is -2.61. The number of hydrogen-bond donors (Lipinski definition) is 0. The normalized spacial score (nSPS) is 15.9. The molecule has 7 rings (SSSR count). The summed E-state index contributed by atoms with van der Waals surface area (Å²) in [4.78, 5) is 5.10. The molecule has 0 radical (unpaired) electrons. The van der Waals surface area contributed by atoms with E-state index in [1.165, 1.54) is 11.1 Å². The summed E-state index contributed by atoms with van der Waals surface area (Å²) in [6, 6.07) is 31.1. The Morgan fingerprint density at radius 1 is 0.667 bits per heavy atom. The molecule has 0 saturated heterocycles. The molecule has 4 nitrogen and oxygen atoms in total. The number of halogens is 2. The largest absolute Gasteiger partial charge is 0.394 e. The molecule has 0 aliphatic carbocycles. The summed E-state index contributed by atoms with van der Waals surface area (Å²) in [6.07, 6.45) is 0. The maximum absolute atomic E-state index is 17.0. The third-order valence-electron chi connectivity index (χ3n) is 8.42. The van der Waals surface area contributed by atoms with Crippen LogP contribution >= 0.6 is 0 Å². The molecule has 3 heterocycles. The molecule has 0 amide bonds. The lowest BCUT2D eigenvalue weighted by molar-refractivity contribution is -0.273. The second-order valence-corrected chi connectivity index (χ2v) is 13.3. The molecule has 6 heteroatoms. The van der Waals surface area contributed by atoms with Crippen LogP contribution in [0.4, 0.5) is 14.8 Å². The average Bonchev–Trinajstić information content (AvgIpc) is 3.46. The van der Waals surface area contributed by atoms with Gasteiger partial charge in [0.05, 0.1) is 15.8 Å². The van der Waals surface area contributed by atoms with Crippen molar-refractivity contribution in [1.82, 2.24) is 14.5 Å². The van der Waals surface area contributed by atoms with Gasteiger partial charge in [-0.2, -0.15) is 0 Å². The number of amidine groups is 1. The molecule has 0 unspecified atom stereocenters. The predicted molar refractivity (Wildman–Crippen MR) is 167 cm³/mol. The van der Waals surface area contributed by atoms with Crippen LogP contribution in [0.1, 0.15) is 58.2 Å². The summed E-state index contributed by atoms with van der Waals surface area (Å²) < 4.78 is 36.0. The zero-order chi connectivity index (χ0) is 29.6. The zero-order valence-corrected chi connectivity index (χ0v) is 24.8.